The van der Waals surface area contributed by atoms with Gasteiger partial charge in [-0.25, -0.2) is 0 Å². The minimum Gasteiger partial charge on any atom is -0.508 e. The van der Waals surface area contributed by atoms with Crippen LogP contribution in [-0.2, 0) is 19.2 Å². The molecule has 0 aliphatic heterocycles. The van der Waals surface area contributed by atoms with Crippen molar-refractivity contribution in [2.75, 3.05) is 19.4 Å². The summed E-state index contributed by atoms with van der Waals surface area (Å²) in [4.78, 5) is 53.4. The summed E-state index contributed by atoms with van der Waals surface area (Å²) >= 11 is 0. The average molecular weight is 573 g/mol. The van der Waals surface area contributed by atoms with Gasteiger partial charge in [-0.15, -0.1) is 0 Å². The van der Waals surface area contributed by atoms with Gasteiger partial charge in [-0.2, -0.15) is 0 Å². The monoisotopic (exact) mass is 572 g/mol. The summed E-state index contributed by atoms with van der Waals surface area (Å²) in [6.45, 7) is 5.28. The summed E-state index contributed by atoms with van der Waals surface area (Å²) in [5, 5.41) is 59.4. The van der Waals surface area contributed by atoms with Crippen LogP contribution in [0, 0.1) is 17.8 Å². The Morgan fingerprint density at radius 2 is 1.78 bits per heavy atom. The Bertz CT molecular complexity index is 1420. The topological polar surface area (TPSA) is 237 Å². The van der Waals surface area contributed by atoms with Crippen molar-refractivity contribution in [2.45, 2.75) is 56.9 Å². The van der Waals surface area contributed by atoms with Gasteiger partial charge in [-0.3, -0.25) is 24.1 Å². The molecule has 0 saturated heterocycles. The number of aliphatic hydroxyl groups excluding tert-OH is 3. The molecule has 222 valence electrons. The van der Waals surface area contributed by atoms with Crippen molar-refractivity contribution < 1.29 is 44.7 Å². The van der Waals surface area contributed by atoms with Crippen molar-refractivity contribution in [1.29, 1.82) is 0 Å². The molecule has 3 aliphatic rings. The van der Waals surface area contributed by atoms with Gasteiger partial charge >= 0.3 is 0 Å². The quantitative estimate of drug-likeness (QED) is 0.164. The van der Waals surface area contributed by atoms with Gasteiger partial charge in [-0.1, -0.05) is 33.3 Å². The maximum Gasteiger partial charge on any atom is 0.255 e. The van der Waals surface area contributed by atoms with Crippen molar-refractivity contribution in [3.05, 3.63) is 40.2 Å². The van der Waals surface area contributed by atoms with Crippen molar-refractivity contribution in [1.82, 2.24) is 4.90 Å². The number of phenols is 1. The summed E-state index contributed by atoms with van der Waals surface area (Å²) < 4.78 is 0. The molecule has 3 aliphatic carbocycles. The van der Waals surface area contributed by atoms with Crippen LogP contribution in [0.4, 0.5) is 5.69 Å². The molecule has 10 N–H and O–H groups in total. The van der Waals surface area contributed by atoms with E-state index in [-0.39, 0.29) is 17.2 Å². The summed E-state index contributed by atoms with van der Waals surface area (Å²) in [7, 11) is 2.87. The number of hydrogen-bond acceptors (Lipinski definition) is 11. The Labute approximate surface area is 236 Å². The van der Waals surface area contributed by atoms with E-state index in [1.54, 1.807) is 13.8 Å². The zero-order chi connectivity index (χ0) is 30.9. The first kappa shape index (κ1) is 30.2. The number of carbonyl (C=O) groups excluding carboxylic acids is 4. The normalized spacial score (nSPS) is 30.9. The summed E-state index contributed by atoms with van der Waals surface area (Å²) in [6, 6.07) is 0.584. The van der Waals surface area contributed by atoms with Gasteiger partial charge in [0, 0.05) is 11.5 Å². The second-order valence-electron chi connectivity index (χ2n) is 11.4. The number of phenolic OH excluding ortho intramolecular Hbond substituents is 1. The van der Waals surface area contributed by atoms with Crippen LogP contribution in [0.25, 0.3) is 5.76 Å². The van der Waals surface area contributed by atoms with Crippen LogP contribution >= 0.6 is 0 Å². The molecule has 1 aromatic carbocycles. The van der Waals surface area contributed by atoms with E-state index in [0.717, 1.165) is 0 Å². The lowest BCUT2D eigenvalue weighted by Crippen LogP contribution is -2.70. The lowest BCUT2D eigenvalue weighted by atomic mass is 9.54. The number of fused-ring (bicyclic) bond motifs is 3. The minimum absolute atomic E-state index is 0.0969. The SMILES string of the molecule is CC[C@H](C)[C@H](N)C(=O)Nc1ccc2c(c1O)C(O)=C1C(=O)[C@]3(O)C(O)=C(C(N)=O)C(=O)[C@@H](N(C)C)[C@@H]3[C@@H](O)[C@@H]1[C@H]2C. The standard InChI is InChI=1S/C28H36N4O9/c1-6-9(2)18(29)27(40)31-12-8-7-11-10(3)13-15(21(34)14(11)20(12)33)24(37)28(41)17(22(13)35)19(32(4)5)23(36)16(25(28)38)26(30)39/h7-10,13,17-19,22,33-35,38,41H,6,29H2,1-5H3,(H2,30,39)(H,31,40)/t9-,10-,13+,17+,18-,19-,22-,28-/m0/s1. The van der Waals surface area contributed by atoms with Gasteiger partial charge in [0.15, 0.2) is 11.4 Å². The zero-order valence-electron chi connectivity index (χ0n) is 23.4. The average Bonchev–Trinajstić information content (AvgIpc) is 2.90. The van der Waals surface area contributed by atoms with Gasteiger partial charge in [0.2, 0.25) is 11.7 Å². The van der Waals surface area contributed by atoms with Crippen LogP contribution in [-0.4, -0.2) is 91.7 Å². The highest BCUT2D eigenvalue weighted by molar-refractivity contribution is 6.24. The van der Waals surface area contributed by atoms with Gasteiger partial charge in [0.1, 0.15) is 22.8 Å². The fraction of sp³-hybridized carbons (Fsp3) is 0.500. The first-order valence-corrected chi connectivity index (χ1v) is 13.3. The number of aromatic hydroxyl groups is 1. The molecule has 13 heteroatoms. The number of nitrogens with one attached hydrogen (secondary N) is 1. The number of anilines is 1. The molecule has 0 aromatic heterocycles. The second-order valence-corrected chi connectivity index (χ2v) is 11.4. The van der Waals surface area contributed by atoms with Crippen molar-refractivity contribution in [3.63, 3.8) is 0 Å². The molecule has 0 spiro atoms. The molecular formula is C28H36N4O9. The molecule has 1 saturated carbocycles. The summed E-state index contributed by atoms with van der Waals surface area (Å²) in [5.74, 6) is -10.7. The Kier molecular flexibility index (Phi) is 7.54. The zero-order valence-corrected chi connectivity index (χ0v) is 23.4. The first-order chi connectivity index (χ1) is 19.0. The largest absolute Gasteiger partial charge is 0.508 e. The van der Waals surface area contributed by atoms with E-state index in [1.807, 2.05) is 6.92 Å². The van der Waals surface area contributed by atoms with Crippen molar-refractivity contribution in [2.24, 2.45) is 29.2 Å². The van der Waals surface area contributed by atoms with E-state index in [9.17, 15) is 44.7 Å². The van der Waals surface area contributed by atoms with Crippen molar-refractivity contribution >= 4 is 34.8 Å². The number of carbonyl (C=O) groups is 4. The molecular weight excluding hydrogens is 536 g/mol. The number of nitrogens with two attached hydrogens (primary N) is 2. The minimum atomic E-state index is -3.01. The maximum absolute atomic E-state index is 14.0. The Morgan fingerprint density at radius 1 is 1.17 bits per heavy atom. The molecule has 1 fully saturated rings. The molecule has 1 aromatic rings. The van der Waals surface area contributed by atoms with Crippen LogP contribution < -0.4 is 16.8 Å². The van der Waals surface area contributed by atoms with Crippen LogP contribution in [0.5, 0.6) is 5.75 Å². The van der Waals surface area contributed by atoms with Crippen LogP contribution in [0.1, 0.15) is 44.2 Å². The molecule has 0 bridgehead atoms. The number of benzene rings is 1. The molecule has 0 radical (unpaired) electrons. The third-order valence-corrected chi connectivity index (χ3v) is 8.95. The van der Waals surface area contributed by atoms with Crippen molar-refractivity contribution in [3.8, 4) is 5.75 Å². The number of ketones is 2. The van der Waals surface area contributed by atoms with Gasteiger partial charge in [0.25, 0.3) is 5.91 Å². The predicted molar refractivity (Wildman–Crippen MR) is 146 cm³/mol. The van der Waals surface area contributed by atoms with E-state index in [0.29, 0.717) is 12.0 Å². The third-order valence-electron chi connectivity index (χ3n) is 8.95. The second kappa shape index (κ2) is 10.2. The van der Waals surface area contributed by atoms with Crippen LogP contribution in [0.3, 0.4) is 0 Å². The Hall–Kier alpha value is -3.78. The number of amides is 2. The number of primary amides is 1. The highest BCUT2D eigenvalue weighted by Crippen LogP contribution is 2.56. The number of aliphatic hydroxyl groups is 4. The Morgan fingerprint density at radius 3 is 2.32 bits per heavy atom. The van der Waals surface area contributed by atoms with E-state index in [2.05, 4.69) is 5.32 Å². The molecule has 0 heterocycles. The molecule has 4 rings (SSSR count). The summed E-state index contributed by atoms with van der Waals surface area (Å²) in [5.41, 5.74) is 6.80. The molecule has 8 atom stereocenters. The third kappa shape index (κ3) is 4.14. The maximum atomic E-state index is 14.0. The van der Waals surface area contributed by atoms with E-state index >= 15 is 0 Å². The predicted octanol–water partition coefficient (Wildman–Crippen LogP) is -0.192. The highest BCUT2D eigenvalue weighted by Gasteiger charge is 2.68. The number of likely N-dealkylation sites (N-methyl/N-ethyl adjacent to an activating group) is 1. The van der Waals surface area contributed by atoms with E-state index < -0.39 is 93.3 Å². The fourth-order valence-corrected chi connectivity index (χ4v) is 6.45. The molecule has 0 unspecified atom stereocenters. The first-order valence-electron chi connectivity index (χ1n) is 13.3. The number of Topliss-reactive ketones (excluding diaryl/α,β-unsaturated/α-hetero) is 2. The number of hydrogen-bond donors (Lipinski definition) is 8. The Balaban J connectivity index is 1.92. The highest BCUT2D eigenvalue weighted by atomic mass is 16.4. The van der Waals surface area contributed by atoms with Gasteiger partial charge < -0.3 is 42.3 Å². The van der Waals surface area contributed by atoms with E-state index in [1.165, 1.54) is 31.1 Å². The van der Waals surface area contributed by atoms with Crippen LogP contribution in [0.2, 0.25) is 0 Å². The number of rotatable bonds is 6. The van der Waals surface area contributed by atoms with Crippen LogP contribution in [0.15, 0.2) is 29.0 Å². The number of nitrogens with zero attached hydrogens (tertiary/aromatic N) is 1. The lowest BCUT2D eigenvalue weighted by Gasteiger charge is -2.53. The molecule has 13 nitrogen and oxygen atoms in total. The smallest absolute Gasteiger partial charge is 0.255 e. The summed E-state index contributed by atoms with van der Waals surface area (Å²) in [6.07, 6.45) is -1.06. The van der Waals surface area contributed by atoms with Gasteiger partial charge in [0.05, 0.1) is 35.4 Å². The van der Waals surface area contributed by atoms with E-state index in [4.69, 9.17) is 11.5 Å². The molecule has 2 amide bonds. The lowest BCUT2D eigenvalue weighted by molar-refractivity contribution is -0.169. The van der Waals surface area contributed by atoms with Gasteiger partial charge in [-0.05, 0) is 37.6 Å². The fourth-order valence-electron chi connectivity index (χ4n) is 6.45. The molecule has 41 heavy (non-hydrogen) atoms.